The summed E-state index contributed by atoms with van der Waals surface area (Å²) in [5.74, 6) is 0.541. The minimum atomic E-state index is 0.344. The fraction of sp³-hybridized carbons (Fsp3) is 0. The quantitative estimate of drug-likeness (QED) is 0.500. The SMILES string of the molecule is Clc1nc2cc3ccccc3cc2nc1-n1cccn1. The van der Waals surface area contributed by atoms with E-state index in [9.17, 15) is 0 Å². The maximum absolute atomic E-state index is 6.21. The zero-order chi connectivity index (χ0) is 13.5. The van der Waals surface area contributed by atoms with Gasteiger partial charge < -0.3 is 0 Å². The summed E-state index contributed by atoms with van der Waals surface area (Å²) in [4.78, 5) is 9.00. The van der Waals surface area contributed by atoms with Gasteiger partial charge in [0.25, 0.3) is 0 Å². The fourth-order valence-corrected chi connectivity index (χ4v) is 2.47. The third-order valence-corrected chi connectivity index (χ3v) is 3.45. The average Bonchev–Trinajstić information content (AvgIpc) is 2.98. The number of fused-ring (bicyclic) bond motifs is 2. The molecule has 4 aromatic rings. The van der Waals surface area contributed by atoms with E-state index in [4.69, 9.17) is 11.6 Å². The molecule has 0 unspecified atom stereocenters. The molecule has 0 amide bonds. The van der Waals surface area contributed by atoms with E-state index >= 15 is 0 Å². The van der Waals surface area contributed by atoms with E-state index < -0.39 is 0 Å². The molecule has 0 N–H and O–H groups in total. The molecule has 20 heavy (non-hydrogen) atoms. The van der Waals surface area contributed by atoms with Crippen molar-refractivity contribution < 1.29 is 0 Å². The van der Waals surface area contributed by atoms with E-state index in [1.165, 1.54) is 0 Å². The van der Waals surface area contributed by atoms with Gasteiger partial charge in [0.2, 0.25) is 0 Å². The second-order valence-corrected chi connectivity index (χ2v) is 4.83. The number of aromatic nitrogens is 4. The Labute approximate surface area is 119 Å². The molecule has 0 fully saturated rings. The summed E-state index contributed by atoms with van der Waals surface area (Å²) in [6, 6.07) is 13.9. The molecule has 4 nitrogen and oxygen atoms in total. The first-order valence-electron chi connectivity index (χ1n) is 6.17. The Balaban J connectivity index is 2.05. The molecule has 0 aliphatic carbocycles. The first kappa shape index (κ1) is 11.4. The Morgan fingerprint density at radius 2 is 1.60 bits per heavy atom. The second kappa shape index (κ2) is 4.28. The lowest BCUT2D eigenvalue weighted by atomic mass is 10.1. The maximum atomic E-state index is 6.21. The molecule has 2 aromatic carbocycles. The first-order chi connectivity index (χ1) is 9.81. The van der Waals surface area contributed by atoms with E-state index in [0.717, 1.165) is 21.8 Å². The van der Waals surface area contributed by atoms with Crippen molar-refractivity contribution in [2.75, 3.05) is 0 Å². The van der Waals surface area contributed by atoms with Gasteiger partial charge in [0.1, 0.15) is 0 Å². The molecule has 0 spiro atoms. The lowest BCUT2D eigenvalue weighted by Crippen LogP contribution is -2.01. The standard InChI is InChI=1S/C15H9ClN4/c16-14-15(20-7-3-6-17-20)19-13-9-11-5-2-1-4-10(11)8-12(13)18-14/h1-9H. The van der Waals surface area contributed by atoms with E-state index in [-0.39, 0.29) is 0 Å². The van der Waals surface area contributed by atoms with Crippen molar-refractivity contribution in [3.05, 3.63) is 60.0 Å². The number of hydrogen-bond donors (Lipinski definition) is 0. The fourth-order valence-electron chi connectivity index (χ4n) is 2.25. The third-order valence-electron chi connectivity index (χ3n) is 3.19. The molecule has 0 radical (unpaired) electrons. The van der Waals surface area contributed by atoms with Gasteiger partial charge in [-0.15, -0.1) is 0 Å². The van der Waals surface area contributed by atoms with Crippen molar-refractivity contribution in [1.82, 2.24) is 19.7 Å². The van der Waals surface area contributed by atoms with Crippen LogP contribution in [0.25, 0.3) is 27.6 Å². The summed E-state index contributed by atoms with van der Waals surface area (Å²) < 4.78 is 1.62. The van der Waals surface area contributed by atoms with Gasteiger partial charge in [0.15, 0.2) is 11.0 Å². The second-order valence-electron chi connectivity index (χ2n) is 4.48. The Bertz CT molecular complexity index is 916. The highest BCUT2D eigenvalue weighted by molar-refractivity contribution is 6.31. The molecule has 2 heterocycles. The predicted octanol–water partition coefficient (Wildman–Crippen LogP) is 3.62. The van der Waals surface area contributed by atoms with Crippen LogP contribution in [0.1, 0.15) is 0 Å². The van der Waals surface area contributed by atoms with Crippen molar-refractivity contribution in [3.63, 3.8) is 0 Å². The minimum absolute atomic E-state index is 0.344. The lowest BCUT2D eigenvalue weighted by Gasteiger charge is -2.06. The zero-order valence-corrected chi connectivity index (χ0v) is 11.1. The van der Waals surface area contributed by atoms with Crippen LogP contribution in [0.5, 0.6) is 0 Å². The number of halogens is 1. The van der Waals surface area contributed by atoms with Crippen molar-refractivity contribution >= 4 is 33.4 Å². The molecule has 2 aromatic heterocycles. The topological polar surface area (TPSA) is 43.6 Å². The van der Waals surface area contributed by atoms with Crippen LogP contribution in [0.2, 0.25) is 5.15 Å². The van der Waals surface area contributed by atoms with Crippen molar-refractivity contribution in [1.29, 1.82) is 0 Å². The van der Waals surface area contributed by atoms with Gasteiger partial charge in [-0.3, -0.25) is 0 Å². The highest BCUT2D eigenvalue weighted by Gasteiger charge is 2.09. The molecule has 4 rings (SSSR count). The van der Waals surface area contributed by atoms with E-state index in [0.29, 0.717) is 11.0 Å². The van der Waals surface area contributed by atoms with Gasteiger partial charge in [-0.2, -0.15) is 5.10 Å². The van der Waals surface area contributed by atoms with E-state index in [2.05, 4.69) is 21.1 Å². The summed E-state index contributed by atoms with van der Waals surface area (Å²) in [7, 11) is 0. The molecule has 0 bridgehead atoms. The highest BCUT2D eigenvalue weighted by atomic mass is 35.5. The van der Waals surface area contributed by atoms with Crippen molar-refractivity contribution in [2.24, 2.45) is 0 Å². The van der Waals surface area contributed by atoms with Gasteiger partial charge >= 0.3 is 0 Å². The zero-order valence-electron chi connectivity index (χ0n) is 10.4. The molecule has 0 saturated heterocycles. The molecule has 96 valence electrons. The molecule has 5 heteroatoms. The van der Waals surface area contributed by atoms with Crippen LogP contribution in [0.4, 0.5) is 0 Å². The molecule has 0 saturated carbocycles. The molecule has 0 aliphatic rings. The number of hydrogen-bond acceptors (Lipinski definition) is 3. The van der Waals surface area contributed by atoms with Gasteiger partial charge in [0, 0.05) is 12.4 Å². The normalized spacial score (nSPS) is 11.2. The largest absolute Gasteiger partial charge is 0.230 e. The van der Waals surface area contributed by atoms with Crippen molar-refractivity contribution in [2.45, 2.75) is 0 Å². The molecule has 0 atom stereocenters. The summed E-state index contributed by atoms with van der Waals surface area (Å²) in [6.45, 7) is 0. The van der Waals surface area contributed by atoms with Crippen LogP contribution in [-0.4, -0.2) is 19.7 Å². The number of nitrogens with zero attached hydrogens (tertiary/aromatic N) is 4. The summed E-state index contributed by atoms with van der Waals surface area (Å²) in [5, 5.41) is 6.74. The van der Waals surface area contributed by atoms with Gasteiger partial charge in [-0.25, -0.2) is 14.6 Å². The monoisotopic (exact) mass is 280 g/mol. The van der Waals surface area contributed by atoms with Gasteiger partial charge in [-0.1, -0.05) is 35.9 Å². The van der Waals surface area contributed by atoms with Crippen LogP contribution in [0.15, 0.2) is 54.9 Å². The minimum Gasteiger partial charge on any atom is -0.230 e. The van der Waals surface area contributed by atoms with Gasteiger partial charge in [0.05, 0.1) is 11.0 Å². The van der Waals surface area contributed by atoms with E-state index in [1.54, 1.807) is 17.1 Å². The molecule has 0 aliphatic heterocycles. The molecular formula is C15H9ClN4. The summed E-state index contributed by atoms with van der Waals surface area (Å²) in [6.07, 6.45) is 3.48. The predicted molar refractivity (Wildman–Crippen MR) is 79.2 cm³/mol. The van der Waals surface area contributed by atoms with Crippen LogP contribution in [0, 0.1) is 0 Å². The van der Waals surface area contributed by atoms with Crippen molar-refractivity contribution in [3.8, 4) is 5.82 Å². The van der Waals surface area contributed by atoms with Crippen LogP contribution in [-0.2, 0) is 0 Å². The average molecular weight is 281 g/mol. The number of rotatable bonds is 1. The lowest BCUT2D eigenvalue weighted by molar-refractivity contribution is 0.846. The van der Waals surface area contributed by atoms with Crippen LogP contribution >= 0.6 is 11.6 Å². The van der Waals surface area contributed by atoms with Gasteiger partial charge in [-0.05, 0) is 29.0 Å². The smallest absolute Gasteiger partial charge is 0.191 e. The Morgan fingerprint density at radius 3 is 2.25 bits per heavy atom. The Morgan fingerprint density at radius 1 is 0.900 bits per heavy atom. The Kier molecular flexibility index (Phi) is 2.44. The summed E-state index contributed by atoms with van der Waals surface area (Å²) >= 11 is 6.21. The molecular weight excluding hydrogens is 272 g/mol. The van der Waals surface area contributed by atoms with E-state index in [1.807, 2.05) is 36.4 Å². The first-order valence-corrected chi connectivity index (χ1v) is 6.55. The highest BCUT2D eigenvalue weighted by Crippen LogP contribution is 2.24. The number of benzene rings is 2. The Hall–Kier alpha value is -2.46. The summed E-state index contributed by atoms with van der Waals surface area (Å²) in [5.41, 5.74) is 1.59. The third kappa shape index (κ3) is 1.73. The maximum Gasteiger partial charge on any atom is 0.191 e. The van der Waals surface area contributed by atoms with Crippen LogP contribution < -0.4 is 0 Å². The van der Waals surface area contributed by atoms with Crippen LogP contribution in [0.3, 0.4) is 0 Å².